The summed E-state index contributed by atoms with van der Waals surface area (Å²) in [6, 6.07) is 19.3. The van der Waals surface area contributed by atoms with E-state index in [2.05, 4.69) is 36.5 Å². The van der Waals surface area contributed by atoms with Gasteiger partial charge in [-0.15, -0.1) is 0 Å². The minimum atomic E-state index is 0.307. The lowest BCUT2D eigenvalue weighted by molar-refractivity contribution is 0.284. The summed E-state index contributed by atoms with van der Waals surface area (Å²) in [6.07, 6.45) is 0. The molecule has 3 aromatic rings. The first-order chi connectivity index (χ1) is 14.0. The van der Waals surface area contributed by atoms with Gasteiger partial charge in [0.25, 0.3) is 0 Å². The number of ether oxygens (including phenoxy) is 2. The molecule has 0 spiro atoms. The lowest BCUT2D eigenvalue weighted by Crippen LogP contribution is -2.21. The van der Waals surface area contributed by atoms with E-state index in [4.69, 9.17) is 44.9 Å². The molecule has 0 bridgehead atoms. The molecule has 0 radical (unpaired) electrons. The van der Waals surface area contributed by atoms with Gasteiger partial charge in [-0.25, -0.2) is 0 Å². The fourth-order valence-corrected chi connectivity index (χ4v) is 3.37. The van der Waals surface area contributed by atoms with Crippen LogP contribution in [0.2, 0.25) is 10.0 Å². The zero-order chi connectivity index (χ0) is 20.8. The van der Waals surface area contributed by atoms with Crippen molar-refractivity contribution < 1.29 is 9.47 Å². The van der Waals surface area contributed by atoms with Crippen molar-refractivity contribution in [1.29, 1.82) is 0 Å². The molecule has 3 aromatic carbocycles. The molecule has 0 amide bonds. The average molecular weight is 446 g/mol. The lowest BCUT2D eigenvalue weighted by atomic mass is 10.1. The molecule has 29 heavy (non-hydrogen) atoms. The molecule has 0 aliphatic carbocycles. The van der Waals surface area contributed by atoms with E-state index in [9.17, 15) is 0 Å². The van der Waals surface area contributed by atoms with E-state index in [1.807, 2.05) is 24.3 Å². The highest BCUT2D eigenvalue weighted by atomic mass is 35.5. The van der Waals surface area contributed by atoms with Crippen LogP contribution in [0.3, 0.4) is 0 Å². The molecule has 6 heteroatoms. The summed E-state index contributed by atoms with van der Waals surface area (Å²) < 4.78 is 11.4. The number of halogens is 2. The van der Waals surface area contributed by atoms with Crippen LogP contribution in [-0.2, 0) is 13.2 Å². The largest absolute Gasteiger partial charge is 0.493 e. The minimum absolute atomic E-state index is 0.307. The summed E-state index contributed by atoms with van der Waals surface area (Å²) in [5.41, 5.74) is 4.11. The molecule has 0 saturated heterocycles. The minimum Gasteiger partial charge on any atom is -0.493 e. The Balaban J connectivity index is 1.65. The first-order valence-corrected chi connectivity index (χ1v) is 10.2. The maximum atomic E-state index is 6.21. The van der Waals surface area contributed by atoms with E-state index in [0.29, 0.717) is 39.7 Å². The molecule has 0 aromatic heterocycles. The smallest absolute Gasteiger partial charge is 0.161 e. The van der Waals surface area contributed by atoms with Crippen LogP contribution in [0, 0.1) is 6.92 Å². The number of nitrogens with one attached hydrogen (secondary N) is 1. The quantitative estimate of drug-likeness (QED) is 0.428. The topological polar surface area (TPSA) is 30.5 Å². The van der Waals surface area contributed by atoms with Crippen molar-refractivity contribution in [2.24, 2.45) is 0 Å². The Morgan fingerprint density at radius 1 is 0.966 bits per heavy atom. The molecule has 3 rings (SSSR count). The second kappa shape index (κ2) is 9.97. The summed E-state index contributed by atoms with van der Waals surface area (Å²) in [5.74, 6) is 1.22. The van der Waals surface area contributed by atoms with Crippen LogP contribution in [-0.4, -0.2) is 12.1 Å². The van der Waals surface area contributed by atoms with Crippen molar-refractivity contribution >= 4 is 40.4 Å². The number of benzene rings is 3. The Kier molecular flexibility index (Phi) is 7.37. The highest BCUT2D eigenvalue weighted by molar-refractivity contribution is 7.80. The molecule has 0 unspecified atom stereocenters. The predicted octanol–water partition coefficient (Wildman–Crippen LogP) is 6.35. The maximum absolute atomic E-state index is 6.21. The normalized spacial score (nSPS) is 10.5. The predicted molar refractivity (Wildman–Crippen MR) is 124 cm³/mol. The molecular formula is C23H21Cl2NO2S. The van der Waals surface area contributed by atoms with E-state index in [0.717, 1.165) is 11.1 Å². The summed E-state index contributed by atoms with van der Waals surface area (Å²) in [5, 5.41) is 4.44. The standard InChI is InChI=1S/C23H21Cl2NO2S/c1-15-3-5-16(6-4-15)13-26-23(29)17-8-10-21(22(11-17)27-2)28-14-18-7-9-19(24)12-20(18)25/h3-12H,13-14H2,1-2H3,(H,26,29). The van der Waals surface area contributed by atoms with Crippen molar-refractivity contribution in [1.82, 2.24) is 5.32 Å². The average Bonchev–Trinajstić information content (AvgIpc) is 2.72. The van der Waals surface area contributed by atoms with Crippen LogP contribution in [0.5, 0.6) is 11.5 Å². The van der Waals surface area contributed by atoms with Gasteiger partial charge in [0.15, 0.2) is 11.5 Å². The number of hydrogen-bond acceptors (Lipinski definition) is 3. The monoisotopic (exact) mass is 445 g/mol. The molecule has 0 aliphatic rings. The van der Waals surface area contributed by atoms with Gasteiger partial charge in [0.05, 0.1) is 7.11 Å². The molecule has 3 nitrogen and oxygen atoms in total. The van der Waals surface area contributed by atoms with Crippen LogP contribution >= 0.6 is 35.4 Å². The highest BCUT2D eigenvalue weighted by Gasteiger charge is 2.10. The van der Waals surface area contributed by atoms with Crippen LogP contribution in [0.15, 0.2) is 60.7 Å². The van der Waals surface area contributed by atoms with Gasteiger partial charge >= 0.3 is 0 Å². The molecule has 1 N–H and O–H groups in total. The molecule has 0 heterocycles. The number of aryl methyl sites for hydroxylation is 1. The number of thiocarbonyl (C=S) groups is 1. The fourth-order valence-electron chi connectivity index (χ4n) is 2.71. The highest BCUT2D eigenvalue weighted by Crippen LogP contribution is 2.30. The van der Waals surface area contributed by atoms with Crippen LogP contribution < -0.4 is 14.8 Å². The third-order valence-corrected chi connectivity index (χ3v) is 5.36. The van der Waals surface area contributed by atoms with E-state index in [-0.39, 0.29) is 0 Å². The SMILES string of the molecule is COc1cc(C(=S)NCc2ccc(C)cc2)ccc1OCc1ccc(Cl)cc1Cl. The fraction of sp³-hybridized carbons (Fsp3) is 0.174. The number of hydrogen-bond donors (Lipinski definition) is 1. The van der Waals surface area contributed by atoms with Crippen molar-refractivity contribution in [3.05, 3.63) is 93.0 Å². The zero-order valence-electron chi connectivity index (χ0n) is 16.2. The van der Waals surface area contributed by atoms with E-state index < -0.39 is 0 Å². The van der Waals surface area contributed by atoms with Crippen molar-refractivity contribution in [2.75, 3.05) is 7.11 Å². The van der Waals surface area contributed by atoms with E-state index in [1.165, 1.54) is 11.1 Å². The third kappa shape index (κ3) is 5.86. The summed E-state index contributed by atoms with van der Waals surface area (Å²) in [7, 11) is 1.60. The molecule has 0 fully saturated rings. The van der Waals surface area contributed by atoms with E-state index in [1.54, 1.807) is 19.2 Å². The van der Waals surface area contributed by atoms with Gasteiger partial charge in [-0.05, 0) is 42.8 Å². The molecule has 0 aliphatic heterocycles. The molecule has 0 atom stereocenters. The molecule has 150 valence electrons. The second-order valence-corrected chi connectivity index (χ2v) is 7.81. The Morgan fingerprint density at radius 3 is 2.41 bits per heavy atom. The van der Waals surface area contributed by atoms with Crippen LogP contribution in [0.1, 0.15) is 22.3 Å². The van der Waals surface area contributed by atoms with Crippen molar-refractivity contribution in [3.8, 4) is 11.5 Å². The van der Waals surface area contributed by atoms with Crippen LogP contribution in [0.4, 0.5) is 0 Å². The summed E-state index contributed by atoms with van der Waals surface area (Å²) in [6.45, 7) is 3.04. The second-order valence-electron chi connectivity index (χ2n) is 6.56. The summed E-state index contributed by atoms with van der Waals surface area (Å²) >= 11 is 17.7. The number of methoxy groups -OCH3 is 1. The molecule has 0 saturated carbocycles. The van der Waals surface area contributed by atoms with Gasteiger partial charge in [0.1, 0.15) is 11.6 Å². The van der Waals surface area contributed by atoms with Gasteiger partial charge in [-0.2, -0.15) is 0 Å². The van der Waals surface area contributed by atoms with Crippen LogP contribution in [0.25, 0.3) is 0 Å². The Hall–Kier alpha value is -2.27. The number of rotatable bonds is 7. The first-order valence-electron chi connectivity index (χ1n) is 9.05. The van der Waals surface area contributed by atoms with Gasteiger partial charge in [-0.1, -0.05) is 71.3 Å². The Morgan fingerprint density at radius 2 is 1.72 bits per heavy atom. The van der Waals surface area contributed by atoms with Gasteiger partial charge in [0.2, 0.25) is 0 Å². The Labute approximate surface area is 186 Å². The lowest BCUT2D eigenvalue weighted by Gasteiger charge is -2.14. The van der Waals surface area contributed by atoms with Gasteiger partial charge in [-0.3, -0.25) is 0 Å². The zero-order valence-corrected chi connectivity index (χ0v) is 18.5. The van der Waals surface area contributed by atoms with Crippen molar-refractivity contribution in [2.45, 2.75) is 20.1 Å². The maximum Gasteiger partial charge on any atom is 0.161 e. The molecular weight excluding hydrogens is 425 g/mol. The van der Waals surface area contributed by atoms with Gasteiger partial charge < -0.3 is 14.8 Å². The first kappa shape index (κ1) is 21.4. The van der Waals surface area contributed by atoms with Crippen molar-refractivity contribution in [3.63, 3.8) is 0 Å². The van der Waals surface area contributed by atoms with E-state index >= 15 is 0 Å². The third-order valence-electron chi connectivity index (χ3n) is 4.40. The Bertz CT molecular complexity index is 1010. The van der Waals surface area contributed by atoms with Gasteiger partial charge in [0, 0.05) is 27.7 Å². The summed E-state index contributed by atoms with van der Waals surface area (Å²) in [4.78, 5) is 0.649.